The van der Waals surface area contributed by atoms with Gasteiger partial charge in [0.2, 0.25) is 0 Å². The van der Waals surface area contributed by atoms with E-state index in [9.17, 15) is 0 Å². The number of aromatic nitrogens is 1. The lowest BCUT2D eigenvalue weighted by molar-refractivity contribution is 0.651. The highest BCUT2D eigenvalue weighted by Crippen LogP contribution is 2.46. The highest BCUT2D eigenvalue weighted by atomic mass is 32.1. The third kappa shape index (κ3) is 1.90. The predicted octanol–water partition coefficient (Wildman–Crippen LogP) is 5.85. The molecular weight excluding hydrogens is 318 g/mol. The molecule has 0 amide bonds. The van der Waals surface area contributed by atoms with Crippen LogP contribution in [-0.4, -0.2) is 4.98 Å². The zero-order valence-electron chi connectivity index (χ0n) is 12.5. The van der Waals surface area contributed by atoms with E-state index in [1.807, 2.05) is 22.7 Å². The smallest absolute Gasteiger partial charge is 0.0627 e. The average molecular weight is 333 g/mol. The van der Waals surface area contributed by atoms with E-state index in [4.69, 9.17) is 0 Å². The van der Waals surface area contributed by atoms with E-state index in [2.05, 4.69) is 76.4 Å². The molecule has 0 atom stereocenters. The van der Waals surface area contributed by atoms with Crippen LogP contribution in [0.5, 0.6) is 0 Å². The van der Waals surface area contributed by atoms with Crippen LogP contribution in [0.4, 0.5) is 0 Å². The van der Waals surface area contributed by atoms with Crippen molar-refractivity contribution in [3.8, 4) is 0 Å². The fourth-order valence-electron chi connectivity index (χ4n) is 3.64. The Morgan fingerprint density at radius 2 is 1.61 bits per heavy atom. The van der Waals surface area contributed by atoms with E-state index in [1.54, 1.807) is 0 Å². The van der Waals surface area contributed by atoms with Crippen LogP contribution in [0.3, 0.4) is 0 Å². The topological polar surface area (TPSA) is 15.8 Å². The number of aromatic amines is 1. The number of thiophene rings is 2. The van der Waals surface area contributed by atoms with Crippen LogP contribution in [0.15, 0.2) is 65.4 Å². The van der Waals surface area contributed by atoms with E-state index in [0.717, 1.165) is 6.42 Å². The normalized spacial score (nSPS) is 15.8. The molecule has 1 aliphatic carbocycles. The number of benzene rings is 1. The predicted molar refractivity (Wildman–Crippen MR) is 100 cm³/mol. The van der Waals surface area contributed by atoms with Crippen LogP contribution >= 0.6 is 22.7 Å². The minimum Gasteiger partial charge on any atom is -0.358 e. The molecule has 1 aliphatic rings. The molecular formula is C20H15NS2. The van der Waals surface area contributed by atoms with Crippen LogP contribution in [0.25, 0.3) is 17.0 Å². The SMILES string of the molecule is C1=CC(c2cccs2)(c2cccs2)Cc2[nH]c3ccccc3c21. The number of hydrogen-bond acceptors (Lipinski definition) is 2. The molecule has 0 saturated carbocycles. The second-order valence-corrected chi connectivity index (χ2v) is 7.89. The van der Waals surface area contributed by atoms with E-state index in [-0.39, 0.29) is 5.41 Å². The molecule has 3 heteroatoms. The van der Waals surface area contributed by atoms with Gasteiger partial charge >= 0.3 is 0 Å². The van der Waals surface area contributed by atoms with Gasteiger partial charge in [-0.3, -0.25) is 0 Å². The summed E-state index contributed by atoms with van der Waals surface area (Å²) in [5.74, 6) is 0. The minimum absolute atomic E-state index is 0.0315. The first-order valence-corrected chi connectivity index (χ1v) is 9.49. The summed E-state index contributed by atoms with van der Waals surface area (Å²) in [6, 6.07) is 17.4. The lowest BCUT2D eigenvalue weighted by atomic mass is 9.76. The standard InChI is InChI=1S/C20H15NS2/c1-2-6-16-14(5-1)15-9-10-20(13-17(15)21-16,18-7-3-11-22-18)19-8-4-12-23-19/h1-12,21H,13H2. The Balaban J connectivity index is 1.74. The van der Waals surface area contributed by atoms with Crippen molar-refractivity contribution in [2.45, 2.75) is 11.8 Å². The Bertz CT molecular complexity index is 954. The molecule has 23 heavy (non-hydrogen) atoms. The molecule has 0 aliphatic heterocycles. The molecule has 0 radical (unpaired) electrons. The van der Waals surface area contributed by atoms with E-state index in [0.29, 0.717) is 0 Å². The molecule has 0 unspecified atom stereocenters. The van der Waals surface area contributed by atoms with Crippen LogP contribution in [0.2, 0.25) is 0 Å². The van der Waals surface area contributed by atoms with Gasteiger partial charge in [0, 0.05) is 38.3 Å². The molecule has 1 N–H and O–H groups in total. The number of fused-ring (bicyclic) bond motifs is 3. The fourth-order valence-corrected chi connectivity index (χ4v) is 5.54. The first-order valence-electron chi connectivity index (χ1n) is 7.74. The quantitative estimate of drug-likeness (QED) is 0.474. The van der Waals surface area contributed by atoms with Gasteiger partial charge in [-0.25, -0.2) is 0 Å². The Labute approximate surface area is 142 Å². The summed E-state index contributed by atoms with van der Waals surface area (Å²) in [7, 11) is 0. The number of para-hydroxylation sites is 1. The highest BCUT2D eigenvalue weighted by Gasteiger charge is 2.37. The summed E-state index contributed by atoms with van der Waals surface area (Å²) in [6.45, 7) is 0. The van der Waals surface area contributed by atoms with Crippen molar-refractivity contribution in [3.05, 3.63) is 86.4 Å². The lowest BCUT2D eigenvalue weighted by Crippen LogP contribution is -2.28. The van der Waals surface area contributed by atoms with Crippen molar-refractivity contribution in [1.82, 2.24) is 4.98 Å². The second kappa shape index (κ2) is 4.95. The Morgan fingerprint density at radius 3 is 2.30 bits per heavy atom. The maximum absolute atomic E-state index is 3.65. The summed E-state index contributed by atoms with van der Waals surface area (Å²) >= 11 is 3.70. The fraction of sp³-hybridized carbons (Fsp3) is 0.100. The van der Waals surface area contributed by atoms with Gasteiger partial charge < -0.3 is 4.98 Å². The van der Waals surface area contributed by atoms with E-state index < -0.39 is 0 Å². The maximum Gasteiger partial charge on any atom is 0.0627 e. The zero-order chi connectivity index (χ0) is 15.3. The van der Waals surface area contributed by atoms with Crippen molar-refractivity contribution < 1.29 is 0 Å². The molecule has 0 spiro atoms. The van der Waals surface area contributed by atoms with Gasteiger partial charge in [-0.05, 0) is 29.0 Å². The number of hydrogen-bond donors (Lipinski definition) is 1. The van der Waals surface area contributed by atoms with Gasteiger partial charge in [0.25, 0.3) is 0 Å². The zero-order valence-corrected chi connectivity index (χ0v) is 14.1. The van der Waals surface area contributed by atoms with Gasteiger partial charge in [0.1, 0.15) is 0 Å². The third-order valence-electron chi connectivity index (χ3n) is 4.74. The van der Waals surface area contributed by atoms with Gasteiger partial charge in [-0.2, -0.15) is 0 Å². The molecule has 1 aromatic carbocycles. The molecule has 0 bridgehead atoms. The van der Waals surface area contributed by atoms with Crippen LogP contribution < -0.4 is 0 Å². The largest absolute Gasteiger partial charge is 0.358 e. The van der Waals surface area contributed by atoms with Crippen molar-refractivity contribution >= 4 is 39.7 Å². The van der Waals surface area contributed by atoms with Crippen molar-refractivity contribution in [2.75, 3.05) is 0 Å². The van der Waals surface area contributed by atoms with E-state index in [1.165, 1.54) is 31.9 Å². The van der Waals surface area contributed by atoms with Crippen LogP contribution in [0.1, 0.15) is 21.0 Å². The van der Waals surface area contributed by atoms with Crippen molar-refractivity contribution in [1.29, 1.82) is 0 Å². The summed E-state index contributed by atoms with van der Waals surface area (Å²) in [6.07, 6.45) is 5.72. The maximum atomic E-state index is 3.65. The molecule has 0 fully saturated rings. The summed E-state index contributed by atoms with van der Waals surface area (Å²) in [5.41, 5.74) is 3.89. The monoisotopic (exact) mass is 333 g/mol. The number of nitrogens with one attached hydrogen (secondary N) is 1. The minimum atomic E-state index is -0.0315. The molecule has 3 aromatic heterocycles. The third-order valence-corrected chi connectivity index (χ3v) is 6.83. The van der Waals surface area contributed by atoms with Gasteiger partial charge in [0.15, 0.2) is 0 Å². The van der Waals surface area contributed by atoms with Crippen LogP contribution in [-0.2, 0) is 11.8 Å². The molecule has 5 rings (SSSR count). The van der Waals surface area contributed by atoms with Crippen molar-refractivity contribution in [3.63, 3.8) is 0 Å². The summed E-state index contributed by atoms with van der Waals surface area (Å²) in [4.78, 5) is 6.49. The second-order valence-electron chi connectivity index (χ2n) is 6.00. The first kappa shape index (κ1) is 13.3. The van der Waals surface area contributed by atoms with Crippen LogP contribution in [0, 0.1) is 0 Å². The Morgan fingerprint density at radius 1 is 0.870 bits per heavy atom. The molecule has 1 nitrogen and oxygen atoms in total. The molecule has 4 aromatic rings. The molecule has 3 heterocycles. The summed E-state index contributed by atoms with van der Waals surface area (Å²) in [5, 5.41) is 5.68. The van der Waals surface area contributed by atoms with Crippen molar-refractivity contribution in [2.24, 2.45) is 0 Å². The average Bonchev–Trinajstić information content (AvgIpc) is 3.33. The Kier molecular flexibility index (Phi) is 2.87. The number of allylic oxidation sites excluding steroid dienone is 1. The highest BCUT2D eigenvalue weighted by molar-refractivity contribution is 7.11. The molecule has 112 valence electrons. The molecule has 0 saturated heterocycles. The van der Waals surface area contributed by atoms with Gasteiger partial charge in [0.05, 0.1) is 5.41 Å². The lowest BCUT2D eigenvalue weighted by Gasteiger charge is -2.31. The Hall–Kier alpha value is -2.10. The van der Waals surface area contributed by atoms with E-state index >= 15 is 0 Å². The van der Waals surface area contributed by atoms with Gasteiger partial charge in [-0.1, -0.05) is 42.5 Å². The number of rotatable bonds is 2. The first-order chi connectivity index (χ1) is 11.4. The summed E-state index contributed by atoms with van der Waals surface area (Å²) < 4.78 is 0. The number of H-pyrrole nitrogens is 1. The van der Waals surface area contributed by atoms with Gasteiger partial charge in [-0.15, -0.1) is 22.7 Å².